The Bertz CT molecular complexity index is 629. The topological polar surface area (TPSA) is 70.3 Å². The predicted molar refractivity (Wildman–Crippen MR) is 82.3 cm³/mol. The van der Waals surface area contributed by atoms with Gasteiger partial charge in [0, 0.05) is 6.08 Å². The maximum absolute atomic E-state index is 12.2. The van der Waals surface area contributed by atoms with Crippen molar-refractivity contribution in [2.24, 2.45) is 0 Å². The third-order valence-electron chi connectivity index (χ3n) is 4.56. The molecular weight excluding hydrogens is 280 g/mol. The lowest BCUT2D eigenvalue weighted by Gasteiger charge is -2.48. The zero-order chi connectivity index (χ0) is 16.2. The van der Waals surface area contributed by atoms with Crippen LogP contribution in [0.15, 0.2) is 30.3 Å². The largest absolute Gasteiger partial charge is 0.453 e. The Morgan fingerprint density at radius 2 is 2.09 bits per heavy atom. The average Bonchev–Trinajstić information content (AvgIpc) is 2.56. The van der Waals surface area contributed by atoms with E-state index < -0.39 is 11.7 Å². The van der Waals surface area contributed by atoms with Gasteiger partial charge >= 0.3 is 11.7 Å². The second-order valence-electron chi connectivity index (χ2n) is 5.40. The molecule has 1 fully saturated rings. The van der Waals surface area contributed by atoms with Crippen molar-refractivity contribution in [1.82, 2.24) is 0 Å². The molecule has 1 aliphatic rings. The number of likely N-dealkylation sites (N-methyl/N-ethyl adjacent to an activating group) is 1. The number of nitriles is 1. The fourth-order valence-corrected chi connectivity index (χ4v) is 2.98. The SMILES string of the molecule is CC[N+]1(CC)CCOC(=O)C1(O)/C=C/c1ccccc1C#N. The van der Waals surface area contributed by atoms with Gasteiger partial charge in [0.05, 0.1) is 24.7 Å². The predicted octanol–water partition coefficient (Wildman–Crippen LogP) is 1.67. The Hall–Kier alpha value is -2.16. The lowest BCUT2D eigenvalue weighted by Crippen LogP contribution is -2.71. The molecule has 0 aliphatic carbocycles. The normalized spacial score (nSPS) is 24.0. The van der Waals surface area contributed by atoms with Crippen LogP contribution in [0, 0.1) is 11.3 Å². The number of cyclic esters (lactones) is 1. The van der Waals surface area contributed by atoms with E-state index in [2.05, 4.69) is 6.07 Å². The Kier molecular flexibility index (Phi) is 4.65. The van der Waals surface area contributed by atoms with Gasteiger partial charge in [-0.15, -0.1) is 0 Å². The van der Waals surface area contributed by atoms with Gasteiger partial charge in [0.1, 0.15) is 13.2 Å². The molecule has 1 aromatic rings. The van der Waals surface area contributed by atoms with Crippen LogP contribution in [-0.2, 0) is 9.53 Å². The summed E-state index contributed by atoms with van der Waals surface area (Å²) in [5, 5.41) is 20.1. The van der Waals surface area contributed by atoms with Crippen LogP contribution in [0.5, 0.6) is 0 Å². The van der Waals surface area contributed by atoms with Gasteiger partial charge in [0.25, 0.3) is 0 Å². The van der Waals surface area contributed by atoms with Crippen LogP contribution < -0.4 is 0 Å². The van der Waals surface area contributed by atoms with E-state index in [-0.39, 0.29) is 4.48 Å². The molecule has 2 rings (SSSR count). The molecule has 22 heavy (non-hydrogen) atoms. The van der Waals surface area contributed by atoms with Gasteiger partial charge in [-0.2, -0.15) is 5.26 Å². The van der Waals surface area contributed by atoms with Gasteiger partial charge < -0.3 is 9.84 Å². The molecule has 0 radical (unpaired) electrons. The molecule has 1 N–H and O–H groups in total. The molecule has 0 bridgehead atoms. The fraction of sp³-hybridized carbons (Fsp3) is 0.412. The quantitative estimate of drug-likeness (QED) is 0.678. The van der Waals surface area contributed by atoms with Gasteiger partial charge in [0.2, 0.25) is 0 Å². The van der Waals surface area contributed by atoms with Crippen molar-refractivity contribution < 1.29 is 19.1 Å². The van der Waals surface area contributed by atoms with E-state index >= 15 is 0 Å². The van der Waals surface area contributed by atoms with Crippen LogP contribution in [0.2, 0.25) is 0 Å². The first-order chi connectivity index (χ1) is 10.5. The van der Waals surface area contributed by atoms with Gasteiger partial charge in [-0.05, 0) is 31.6 Å². The molecule has 5 heteroatoms. The zero-order valence-corrected chi connectivity index (χ0v) is 13.0. The van der Waals surface area contributed by atoms with Crippen molar-refractivity contribution in [2.45, 2.75) is 19.6 Å². The molecule has 1 unspecified atom stereocenters. The second-order valence-corrected chi connectivity index (χ2v) is 5.40. The van der Waals surface area contributed by atoms with Crippen LogP contribution in [0.3, 0.4) is 0 Å². The highest BCUT2D eigenvalue weighted by atomic mass is 16.6. The third kappa shape index (κ3) is 2.52. The number of ether oxygens (including phenoxy) is 1. The van der Waals surface area contributed by atoms with Crippen LogP contribution in [0.25, 0.3) is 6.08 Å². The smallest absolute Gasteiger partial charge is 0.402 e. The van der Waals surface area contributed by atoms with Crippen LogP contribution >= 0.6 is 0 Å². The maximum atomic E-state index is 12.2. The number of rotatable bonds is 4. The lowest BCUT2D eigenvalue weighted by molar-refractivity contribution is -0.983. The Balaban J connectivity index is 2.45. The number of carbonyl (C=O) groups excluding carboxylic acids is 1. The van der Waals surface area contributed by atoms with E-state index in [1.165, 1.54) is 6.08 Å². The Morgan fingerprint density at radius 3 is 2.73 bits per heavy atom. The molecule has 0 saturated carbocycles. The summed E-state index contributed by atoms with van der Waals surface area (Å²) in [5.41, 5.74) is -0.552. The summed E-state index contributed by atoms with van der Waals surface area (Å²) in [6.45, 7) is 6.01. The molecule has 0 amide bonds. The zero-order valence-electron chi connectivity index (χ0n) is 13.0. The van der Waals surface area contributed by atoms with E-state index in [0.717, 1.165) is 0 Å². The van der Waals surface area contributed by atoms with Crippen molar-refractivity contribution in [1.29, 1.82) is 5.26 Å². The monoisotopic (exact) mass is 301 g/mol. The van der Waals surface area contributed by atoms with Gasteiger partial charge in [-0.1, -0.05) is 18.2 Å². The highest BCUT2D eigenvalue weighted by Crippen LogP contribution is 2.30. The molecule has 0 aromatic heterocycles. The first kappa shape index (κ1) is 16.2. The van der Waals surface area contributed by atoms with E-state index in [0.29, 0.717) is 37.4 Å². The first-order valence-corrected chi connectivity index (χ1v) is 7.47. The molecular formula is C17H21N2O3+. The minimum Gasteiger partial charge on any atom is -0.453 e. The highest BCUT2D eigenvalue weighted by molar-refractivity contribution is 5.82. The van der Waals surface area contributed by atoms with Gasteiger partial charge in [-0.25, -0.2) is 4.79 Å². The third-order valence-corrected chi connectivity index (χ3v) is 4.56. The van der Waals surface area contributed by atoms with Crippen LogP contribution in [0.1, 0.15) is 25.0 Å². The van der Waals surface area contributed by atoms with Crippen LogP contribution in [0.4, 0.5) is 0 Å². The number of morpholine rings is 1. The van der Waals surface area contributed by atoms with E-state index in [1.807, 2.05) is 19.9 Å². The molecule has 1 heterocycles. The fourth-order valence-electron chi connectivity index (χ4n) is 2.98. The first-order valence-electron chi connectivity index (χ1n) is 7.47. The summed E-state index contributed by atoms with van der Waals surface area (Å²) < 4.78 is 5.31. The Labute approximate surface area is 130 Å². The van der Waals surface area contributed by atoms with Crippen molar-refractivity contribution in [3.8, 4) is 6.07 Å². The maximum Gasteiger partial charge on any atom is 0.402 e. The number of carbonyl (C=O) groups is 1. The Morgan fingerprint density at radius 1 is 1.41 bits per heavy atom. The number of esters is 1. The lowest BCUT2D eigenvalue weighted by atomic mass is 10.0. The van der Waals surface area contributed by atoms with Crippen molar-refractivity contribution in [3.63, 3.8) is 0 Å². The summed E-state index contributed by atoms with van der Waals surface area (Å²) >= 11 is 0. The van der Waals surface area contributed by atoms with Gasteiger partial charge in [0.15, 0.2) is 0 Å². The molecule has 0 spiro atoms. The summed E-state index contributed by atoms with van der Waals surface area (Å²) in [4.78, 5) is 12.2. The van der Waals surface area contributed by atoms with Crippen LogP contribution in [-0.4, -0.2) is 47.5 Å². The molecule has 1 atom stereocenters. The number of benzene rings is 1. The van der Waals surface area contributed by atoms with E-state index in [1.54, 1.807) is 24.3 Å². The minimum atomic E-state index is -1.72. The number of nitrogens with zero attached hydrogens (tertiary/aromatic N) is 2. The number of aliphatic hydroxyl groups is 1. The molecule has 5 nitrogen and oxygen atoms in total. The van der Waals surface area contributed by atoms with Gasteiger partial charge in [-0.3, -0.25) is 4.48 Å². The molecule has 116 valence electrons. The van der Waals surface area contributed by atoms with Crippen molar-refractivity contribution in [2.75, 3.05) is 26.2 Å². The van der Waals surface area contributed by atoms with Crippen molar-refractivity contribution in [3.05, 3.63) is 41.5 Å². The van der Waals surface area contributed by atoms with E-state index in [4.69, 9.17) is 10.00 Å². The van der Waals surface area contributed by atoms with E-state index in [9.17, 15) is 9.90 Å². The summed E-state index contributed by atoms with van der Waals surface area (Å²) in [6.07, 6.45) is 3.10. The summed E-state index contributed by atoms with van der Waals surface area (Å²) in [7, 11) is 0. The number of hydrogen-bond acceptors (Lipinski definition) is 4. The molecule has 1 aromatic carbocycles. The highest BCUT2D eigenvalue weighted by Gasteiger charge is 2.56. The summed E-state index contributed by atoms with van der Waals surface area (Å²) in [5.74, 6) is -0.631. The minimum absolute atomic E-state index is 0.233. The number of hydrogen-bond donors (Lipinski definition) is 1. The molecule has 1 aliphatic heterocycles. The second kappa shape index (κ2) is 6.30. The number of quaternary nitrogens is 1. The standard InChI is InChI=1S/C17H21N2O3/c1-3-19(4-2)11-12-22-16(20)17(19,21)10-9-14-7-5-6-8-15(14)13-18/h5-10,21H,3-4,11-12H2,1-2H3/q+1/b10-9+. The molecule has 1 saturated heterocycles. The average molecular weight is 301 g/mol. The van der Waals surface area contributed by atoms with Crippen molar-refractivity contribution >= 4 is 12.0 Å². The summed E-state index contributed by atoms with van der Waals surface area (Å²) in [6, 6.07) is 9.16.